The van der Waals surface area contributed by atoms with Crippen molar-refractivity contribution >= 4 is 23.2 Å². The van der Waals surface area contributed by atoms with Crippen molar-refractivity contribution in [3.63, 3.8) is 0 Å². The van der Waals surface area contributed by atoms with Crippen molar-refractivity contribution in [1.29, 1.82) is 0 Å². The largest absolute Gasteiger partial charge is 0.414 e. The maximum Gasteiger partial charge on any atom is 0.343 e. The lowest BCUT2D eigenvalue weighted by Gasteiger charge is -2.11. The van der Waals surface area contributed by atoms with E-state index in [1.807, 2.05) is 0 Å². The number of thiocarbonyl (C=S) groups is 1. The number of rotatable bonds is 4. The maximum absolute atomic E-state index is 10.7. The molecule has 0 spiro atoms. The molecule has 0 aromatic carbocycles. The Labute approximate surface area is 79.4 Å². The molecule has 4 N–H and O–H groups in total. The van der Waals surface area contributed by atoms with Gasteiger partial charge in [-0.25, -0.2) is 4.79 Å². The first-order valence-corrected chi connectivity index (χ1v) is 3.77. The van der Waals surface area contributed by atoms with Crippen molar-refractivity contribution in [3.8, 4) is 0 Å². The third-order valence-electron chi connectivity index (χ3n) is 1.09. The molecule has 0 rings (SSSR count). The summed E-state index contributed by atoms with van der Waals surface area (Å²) in [7, 11) is 0. The Kier molecular flexibility index (Phi) is 5.67. The van der Waals surface area contributed by atoms with Crippen LogP contribution in [0.25, 0.3) is 0 Å². The topological polar surface area (TPSA) is 107 Å². The molecule has 13 heavy (non-hydrogen) atoms. The second-order valence-electron chi connectivity index (χ2n) is 2.14. The van der Waals surface area contributed by atoms with E-state index in [2.05, 4.69) is 17.0 Å². The fraction of sp³-hybridized carbons (Fsp3) is 0.667. The van der Waals surface area contributed by atoms with Crippen LogP contribution in [0.5, 0.6) is 0 Å². The average molecular weight is 210 g/mol. The van der Waals surface area contributed by atoms with E-state index in [9.17, 15) is 4.79 Å². The van der Waals surface area contributed by atoms with Crippen molar-refractivity contribution in [2.75, 3.05) is 13.2 Å². The highest BCUT2D eigenvalue weighted by atomic mass is 32.1. The van der Waals surface area contributed by atoms with Crippen molar-refractivity contribution in [2.45, 2.75) is 12.2 Å². The van der Waals surface area contributed by atoms with E-state index < -0.39 is 36.4 Å². The maximum atomic E-state index is 10.7. The number of aliphatic hydroxyl groups is 4. The fourth-order valence-corrected chi connectivity index (χ4v) is 0.541. The van der Waals surface area contributed by atoms with Crippen LogP contribution in [-0.4, -0.2) is 56.9 Å². The number of hydrogen-bond acceptors (Lipinski definition) is 7. The first kappa shape index (κ1) is 12.4. The molecule has 0 saturated heterocycles. The molecule has 0 amide bonds. The van der Waals surface area contributed by atoms with Gasteiger partial charge in [-0.15, -0.1) is 0 Å². The van der Waals surface area contributed by atoms with E-state index in [0.717, 1.165) is 0 Å². The lowest BCUT2D eigenvalue weighted by Crippen LogP contribution is -2.33. The van der Waals surface area contributed by atoms with Crippen LogP contribution in [0.15, 0.2) is 0 Å². The van der Waals surface area contributed by atoms with Gasteiger partial charge < -0.3 is 25.2 Å². The Morgan fingerprint density at radius 1 is 1.23 bits per heavy atom. The van der Waals surface area contributed by atoms with Crippen molar-refractivity contribution < 1.29 is 30.0 Å². The number of esters is 1. The number of carbonyl (C=O) groups excluding carboxylic acids is 1. The Bertz CT molecular complexity index is 174. The standard InChI is InChI=1S/C6H10O6S/c7-1-3(9)5(11)12-6(13)4(10)2-8/h3-4,7-10H,1-2H2. The van der Waals surface area contributed by atoms with Crippen LogP contribution in [0, 0.1) is 0 Å². The van der Waals surface area contributed by atoms with E-state index in [1.165, 1.54) is 0 Å². The monoisotopic (exact) mass is 210 g/mol. The summed E-state index contributed by atoms with van der Waals surface area (Å²) in [5.41, 5.74) is 0. The third kappa shape index (κ3) is 4.25. The van der Waals surface area contributed by atoms with Crippen molar-refractivity contribution in [1.82, 2.24) is 0 Å². The highest BCUT2D eigenvalue weighted by Gasteiger charge is 2.20. The molecule has 0 saturated carbocycles. The molecule has 2 unspecified atom stereocenters. The second-order valence-corrected chi connectivity index (χ2v) is 2.54. The summed E-state index contributed by atoms with van der Waals surface area (Å²) in [6.07, 6.45) is -3.14. The molecule has 0 bridgehead atoms. The van der Waals surface area contributed by atoms with E-state index in [0.29, 0.717) is 0 Å². The van der Waals surface area contributed by atoms with Crippen LogP contribution in [0.2, 0.25) is 0 Å². The molecule has 0 aliphatic carbocycles. The summed E-state index contributed by atoms with van der Waals surface area (Å²) in [6.45, 7) is -1.47. The van der Waals surface area contributed by atoms with Crippen LogP contribution in [0.3, 0.4) is 0 Å². The molecule has 76 valence electrons. The molecule has 0 aromatic heterocycles. The Morgan fingerprint density at radius 3 is 2.08 bits per heavy atom. The molecule has 7 heteroatoms. The van der Waals surface area contributed by atoms with Gasteiger partial charge in [0.1, 0.15) is 6.10 Å². The summed E-state index contributed by atoms with van der Waals surface area (Å²) in [5, 5.41) is 33.7. The van der Waals surface area contributed by atoms with Gasteiger partial charge in [-0.1, -0.05) is 0 Å². The molecule has 0 heterocycles. The number of hydrogen-bond donors (Lipinski definition) is 4. The van der Waals surface area contributed by atoms with Gasteiger partial charge in [-0.3, -0.25) is 0 Å². The molecule has 0 fully saturated rings. The first-order valence-electron chi connectivity index (χ1n) is 3.36. The molecule has 0 radical (unpaired) electrons. The molecule has 6 nitrogen and oxygen atoms in total. The minimum Gasteiger partial charge on any atom is -0.414 e. The first-order chi connectivity index (χ1) is 6.02. The van der Waals surface area contributed by atoms with E-state index in [-0.39, 0.29) is 0 Å². The van der Waals surface area contributed by atoms with Crippen LogP contribution in [0.1, 0.15) is 0 Å². The van der Waals surface area contributed by atoms with E-state index in [4.69, 9.17) is 20.4 Å². The van der Waals surface area contributed by atoms with Gasteiger partial charge >= 0.3 is 5.97 Å². The minimum atomic E-state index is -1.69. The van der Waals surface area contributed by atoms with Crippen LogP contribution in [0.4, 0.5) is 0 Å². The zero-order valence-electron chi connectivity index (χ0n) is 6.58. The van der Waals surface area contributed by atoms with Crippen molar-refractivity contribution in [3.05, 3.63) is 0 Å². The highest BCUT2D eigenvalue weighted by Crippen LogP contribution is 1.95. The van der Waals surface area contributed by atoms with Gasteiger partial charge in [-0.05, 0) is 12.2 Å². The molecular formula is C6H10O6S. The SMILES string of the molecule is O=C(OC(=S)C(O)CO)C(O)CO. The van der Waals surface area contributed by atoms with Gasteiger partial charge in [0, 0.05) is 0 Å². The van der Waals surface area contributed by atoms with Gasteiger partial charge in [0.25, 0.3) is 0 Å². The summed E-state index contributed by atoms with van der Waals surface area (Å²) in [5.74, 6) is -1.17. The average Bonchev–Trinajstić information content (AvgIpc) is 2.14. The Hall–Kier alpha value is -0.600. The van der Waals surface area contributed by atoms with Crippen LogP contribution >= 0.6 is 12.2 Å². The Balaban J connectivity index is 3.99. The number of ether oxygens (including phenoxy) is 1. The lowest BCUT2D eigenvalue weighted by molar-refractivity contribution is -0.147. The predicted octanol–water partition coefficient (Wildman–Crippen LogP) is -2.44. The van der Waals surface area contributed by atoms with Crippen molar-refractivity contribution in [2.24, 2.45) is 0 Å². The Morgan fingerprint density at radius 2 is 1.69 bits per heavy atom. The molecule has 0 aromatic rings. The second kappa shape index (κ2) is 5.95. The van der Waals surface area contributed by atoms with Gasteiger partial charge in [0.2, 0.25) is 5.05 Å². The molecule has 2 atom stereocenters. The van der Waals surface area contributed by atoms with Crippen LogP contribution < -0.4 is 0 Å². The quantitative estimate of drug-likeness (QED) is 0.302. The predicted molar refractivity (Wildman–Crippen MR) is 44.9 cm³/mol. The zero-order chi connectivity index (χ0) is 10.4. The molecular weight excluding hydrogens is 200 g/mol. The van der Waals surface area contributed by atoms with Crippen LogP contribution in [-0.2, 0) is 9.53 Å². The normalized spacial score (nSPS) is 14.8. The molecule has 0 aliphatic rings. The van der Waals surface area contributed by atoms with E-state index >= 15 is 0 Å². The number of carbonyl (C=O) groups is 1. The third-order valence-corrected chi connectivity index (χ3v) is 1.45. The minimum absolute atomic E-state index is 0.542. The molecule has 0 aliphatic heterocycles. The summed E-state index contributed by atoms with van der Waals surface area (Å²) in [4.78, 5) is 10.7. The number of aliphatic hydroxyl groups excluding tert-OH is 4. The smallest absolute Gasteiger partial charge is 0.343 e. The van der Waals surface area contributed by atoms with Gasteiger partial charge in [0.05, 0.1) is 13.2 Å². The highest BCUT2D eigenvalue weighted by molar-refractivity contribution is 7.80. The van der Waals surface area contributed by atoms with E-state index in [1.54, 1.807) is 0 Å². The lowest BCUT2D eigenvalue weighted by atomic mass is 10.4. The zero-order valence-corrected chi connectivity index (χ0v) is 7.40. The summed E-state index contributed by atoms with van der Waals surface area (Å²) < 4.78 is 4.23. The summed E-state index contributed by atoms with van der Waals surface area (Å²) in [6, 6.07) is 0. The fourth-order valence-electron chi connectivity index (χ4n) is 0.384. The summed E-state index contributed by atoms with van der Waals surface area (Å²) >= 11 is 4.37. The van der Waals surface area contributed by atoms with Gasteiger partial charge in [0.15, 0.2) is 6.10 Å². The van der Waals surface area contributed by atoms with Gasteiger partial charge in [-0.2, -0.15) is 0 Å².